The third kappa shape index (κ3) is 2.82. The number of rotatable bonds is 3. The van der Waals surface area contributed by atoms with Crippen molar-refractivity contribution in [1.82, 2.24) is 4.90 Å². The summed E-state index contributed by atoms with van der Waals surface area (Å²) in [4.78, 5) is 12.6. The minimum Gasteiger partial charge on any atom is -0.478 e. The van der Waals surface area contributed by atoms with Crippen molar-refractivity contribution in [2.24, 2.45) is 5.92 Å². The molecule has 4 heteroatoms. The van der Waals surface area contributed by atoms with Crippen LogP contribution in [-0.4, -0.2) is 46.8 Å². The molecule has 0 amide bonds. The predicted octanol–water partition coefficient (Wildman–Crippen LogP) is 0.330. The van der Waals surface area contributed by atoms with E-state index in [0.717, 1.165) is 13.1 Å². The van der Waals surface area contributed by atoms with E-state index in [1.165, 1.54) is 0 Å². The lowest BCUT2D eigenvalue weighted by Crippen LogP contribution is -2.43. The number of carboxylic acids is 1. The van der Waals surface area contributed by atoms with Gasteiger partial charge in [-0.2, -0.15) is 0 Å². The Morgan fingerprint density at radius 3 is 2.79 bits per heavy atom. The van der Waals surface area contributed by atoms with Crippen LogP contribution in [0.5, 0.6) is 0 Å². The van der Waals surface area contributed by atoms with Gasteiger partial charge in [0.05, 0.1) is 6.10 Å². The minimum atomic E-state index is -0.941. The summed E-state index contributed by atoms with van der Waals surface area (Å²) in [6.07, 6.45) is 0.470. The highest BCUT2D eigenvalue weighted by Gasteiger charge is 2.24. The van der Waals surface area contributed by atoms with Crippen LogP contribution in [0.4, 0.5) is 0 Å². The molecule has 0 aromatic heterocycles. The van der Waals surface area contributed by atoms with E-state index in [9.17, 15) is 9.90 Å². The second kappa shape index (κ2) is 4.57. The summed E-state index contributed by atoms with van der Waals surface area (Å²) >= 11 is 0. The Kier molecular flexibility index (Phi) is 3.66. The molecule has 0 aliphatic carbocycles. The third-order valence-corrected chi connectivity index (χ3v) is 2.66. The number of carbonyl (C=O) groups is 1. The second-order valence-corrected chi connectivity index (χ2v) is 3.98. The molecule has 0 saturated carbocycles. The summed E-state index contributed by atoms with van der Waals surface area (Å²) in [5, 5.41) is 18.1. The molecule has 80 valence electrons. The summed E-state index contributed by atoms with van der Waals surface area (Å²) in [5.74, 6) is -0.728. The molecule has 0 bridgehead atoms. The van der Waals surface area contributed by atoms with Crippen LogP contribution in [0.1, 0.15) is 13.3 Å². The lowest BCUT2D eigenvalue weighted by Gasteiger charge is -2.34. The molecular formula is C10H17NO3. The first-order valence-electron chi connectivity index (χ1n) is 4.82. The molecule has 2 unspecified atom stereocenters. The monoisotopic (exact) mass is 199 g/mol. The van der Waals surface area contributed by atoms with E-state index in [2.05, 4.69) is 6.58 Å². The van der Waals surface area contributed by atoms with E-state index >= 15 is 0 Å². The van der Waals surface area contributed by atoms with Crippen molar-refractivity contribution >= 4 is 5.97 Å². The lowest BCUT2D eigenvalue weighted by molar-refractivity contribution is -0.133. The van der Waals surface area contributed by atoms with Crippen molar-refractivity contribution in [1.29, 1.82) is 0 Å². The van der Waals surface area contributed by atoms with Crippen molar-refractivity contribution in [3.8, 4) is 0 Å². The van der Waals surface area contributed by atoms with Crippen LogP contribution >= 0.6 is 0 Å². The molecule has 0 aromatic carbocycles. The topological polar surface area (TPSA) is 60.8 Å². The predicted molar refractivity (Wildman–Crippen MR) is 53.0 cm³/mol. The highest BCUT2D eigenvalue weighted by Crippen LogP contribution is 2.16. The second-order valence-electron chi connectivity index (χ2n) is 3.98. The normalized spacial score (nSPS) is 28.7. The number of aliphatic carboxylic acids is 1. The summed E-state index contributed by atoms with van der Waals surface area (Å²) < 4.78 is 0. The number of hydrogen-bond donors (Lipinski definition) is 2. The number of piperidine rings is 1. The molecule has 1 fully saturated rings. The van der Waals surface area contributed by atoms with Crippen LogP contribution < -0.4 is 0 Å². The molecule has 1 saturated heterocycles. The zero-order chi connectivity index (χ0) is 10.7. The number of aliphatic hydroxyl groups is 1. The van der Waals surface area contributed by atoms with Crippen molar-refractivity contribution in [2.45, 2.75) is 19.4 Å². The molecule has 0 radical (unpaired) electrons. The van der Waals surface area contributed by atoms with Gasteiger partial charge in [0, 0.05) is 25.2 Å². The first-order valence-corrected chi connectivity index (χ1v) is 4.82. The van der Waals surface area contributed by atoms with Gasteiger partial charge in [-0.15, -0.1) is 0 Å². The molecule has 1 aliphatic rings. The molecule has 1 heterocycles. The summed E-state index contributed by atoms with van der Waals surface area (Å²) in [6.45, 7) is 7.35. The fraction of sp³-hybridized carbons (Fsp3) is 0.700. The maximum absolute atomic E-state index is 10.5. The Morgan fingerprint density at radius 2 is 2.29 bits per heavy atom. The Bertz CT molecular complexity index is 240. The van der Waals surface area contributed by atoms with Gasteiger partial charge >= 0.3 is 5.97 Å². The minimum absolute atomic E-state index is 0.213. The average Bonchev–Trinajstić information content (AvgIpc) is 2.11. The smallest absolute Gasteiger partial charge is 0.332 e. The molecule has 14 heavy (non-hydrogen) atoms. The highest BCUT2D eigenvalue weighted by atomic mass is 16.4. The van der Waals surface area contributed by atoms with E-state index in [0.29, 0.717) is 13.0 Å². The Morgan fingerprint density at radius 1 is 1.64 bits per heavy atom. The van der Waals surface area contributed by atoms with Gasteiger partial charge < -0.3 is 10.2 Å². The van der Waals surface area contributed by atoms with E-state index < -0.39 is 5.97 Å². The van der Waals surface area contributed by atoms with Gasteiger partial charge in [-0.1, -0.05) is 13.5 Å². The molecule has 4 nitrogen and oxygen atoms in total. The van der Waals surface area contributed by atoms with Gasteiger partial charge in [-0.3, -0.25) is 4.90 Å². The molecule has 0 aromatic rings. The maximum atomic E-state index is 10.5. The lowest BCUT2D eigenvalue weighted by atomic mass is 9.96. The van der Waals surface area contributed by atoms with E-state index in [1.54, 1.807) is 0 Å². The van der Waals surface area contributed by atoms with Gasteiger partial charge in [0.15, 0.2) is 0 Å². The van der Waals surface area contributed by atoms with Gasteiger partial charge in [0.1, 0.15) is 0 Å². The number of hydrogen-bond acceptors (Lipinski definition) is 3. The number of aliphatic hydroxyl groups excluding tert-OH is 1. The SMILES string of the molecule is C=C(CN1CCC(O)C(C)C1)C(=O)O. The van der Waals surface area contributed by atoms with E-state index in [1.807, 2.05) is 11.8 Å². The van der Waals surface area contributed by atoms with Crippen LogP contribution in [0.15, 0.2) is 12.2 Å². The summed E-state index contributed by atoms with van der Waals surface area (Å²) in [6, 6.07) is 0. The summed E-state index contributed by atoms with van der Waals surface area (Å²) in [5.41, 5.74) is 0.216. The standard InChI is InChI=1S/C10H17NO3/c1-7-5-11(4-3-9(7)12)6-8(2)10(13)14/h7,9,12H,2-6H2,1H3,(H,13,14). The van der Waals surface area contributed by atoms with E-state index in [4.69, 9.17) is 5.11 Å². The van der Waals surface area contributed by atoms with Crippen LogP contribution in [0.3, 0.4) is 0 Å². The van der Waals surface area contributed by atoms with Crippen LogP contribution in [0, 0.1) is 5.92 Å². The first-order chi connectivity index (χ1) is 6.50. The van der Waals surface area contributed by atoms with Crippen molar-refractivity contribution in [2.75, 3.05) is 19.6 Å². The molecule has 1 rings (SSSR count). The molecular weight excluding hydrogens is 182 g/mol. The van der Waals surface area contributed by atoms with Crippen LogP contribution in [0.2, 0.25) is 0 Å². The van der Waals surface area contributed by atoms with Crippen LogP contribution in [0.25, 0.3) is 0 Å². The van der Waals surface area contributed by atoms with Crippen molar-refractivity contribution in [3.63, 3.8) is 0 Å². The van der Waals surface area contributed by atoms with Gasteiger partial charge in [-0.05, 0) is 12.3 Å². The fourth-order valence-corrected chi connectivity index (χ4v) is 1.70. The van der Waals surface area contributed by atoms with Crippen molar-refractivity contribution < 1.29 is 15.0 Å². The zero-order valence-electron chi connectivity index (χ0n) is 8.44. The molecule has 2 N–H and O–H groups in total. The molecule has 0 spiro atoms. The fourth-order valence-electron chi connectivity index (χ4n) is 1.70. The molecule has 1 aliphatic heterocycles. The van der Waals surface area contributed by atoms with Crippen LogP contribution in [-0.2, 0) is 4.79 Å². The molecule has 2 atom stereocenters. The summed E-state index contributed by atoms with van der Waals surface area (Å²) in [7, 11) is 0. The zero-order valence-corrected chi connectivity index (χ0v) is 8.44. The quantitative estimate of drug-likeness (QED) is 0.643. The number of nitrogens with zero attached hydrogens (tertiary/aromatic N) is 1. The number of carboxylic acid groups (broad SMARTS) is 1. The van der Waals surface area contributed by atoms with Gasteiger partial charge in [0.25, 0.3) is 0 Å². The largest absolute Gasteiger partial charge is 0.478 e. The van der Waals surface area contributed by atoms with Crippen molar-refractivity contribution in [3.05, 3.63) is 12.2 Å². The maximum Gasteiger partial charge on any atom is 0.332 e. The third-order valence-electron chi connectivity index (χ3n) is 2.66. The Hall–Kier alpha value is -0.870. The van der Waals surface area contributed by atoms with Gasteiger partial charge in [0.2, 0.25) is 0 Å². The average molecular weight is 199 g/mol. The number of likely N-dealkylation sites (tertiary alicyclic amines) is 1. The Labute approximate surface area is 83.8 Å². The van der Waals surface area contributed by atoms with E-state index in [-0.39, 0.29) is 17.6 Å². The highest BCUT2D eigenvalue weighted by molar-refractivity contribution is 5.86. The Balaban J connectivity index is 2.40. The van der Waals surface area contributed by atoms with Gasteiger partial charge in [-0.25, -0.2) is 4.79 Å². The first kappa shape index (κ1) is 11.2.